The summed E-state index contributed by atoms with van der Waals surface area (Å²) in [5.41, 5.74) is 5.82. The number of rotatable bonds is 8. The highest BCUT2D eigenvalue weighted by atomic mass is 35.5. The minimum absolute atomic E-state index is 0.0624. The summed E-state index contributed by atoms with van der Waals surface area (Å²) in [5, 5.41) is 7.38. The molecule has 0 aliphatic rings. The number of nitrogens with zero attached hydrogens (tertiary/aromatic N) is 3. The molecule has 0 spiro atoms. The van der Waals surface area contributed by atoms with Gasteiger partial charge in [0.05, 0.1) is 11.0 Å². The largest absolute Gasteiger partial charge is 0.437 e. The van der Waals surface area contributed by atoms with Crippen molar-refractivity contribution < 1.29 is 4.74 Å². The molecule has 8 heteroatoms. The summed E-state index contributed by atoms with van der Waals surface area (Å²) < 4.78 is 6.30. The van der Waals surface area contributed by atoms with E-state index in [0.29, 0.717) is 23.5 Å². The van der Waals surface area contributed by atoms with Gasteiger partial charge in [-0.25, -0.2) is 15.0 Å². The molecule has 0 aliphatic heterocycles. The molecule has 38 heavy (non-hydrogen) atoms. The number of aromatic nitrogens is 4. The van der Waals surface area contributed by atoms with Crippen LogP contribution in [0.4, 0.5) is 11.6 Å². The van der Waals surface area contributed by atoms with Crippen LogP contribution in [0.5, 0.6) is 11.6 Å². The number of hydrogen-bond donors (Lipinski definition) is 3. The summed E-state index contributed by atoms with van der Waals surface area (Å²) in [7, 11) is 0. The highest BCUT2D eigenvalue weighted by molar-refractivity contribution is 6.29. The van der Waals surface area contributed by atoms with E-state index in [2.05, 4.69) is 71.5 Å². The quantitative estimate of drug-likeness (QED) is 0.180. The van der Waals surface area contributed by atoms with Gasteiger partial charge in [0, 0.05) is 30.5 Å². The minimum Gasteiger partial charge on any atom is -0.437 e. The van der Waals surface area contributed by atoms with Crippen LogP contribution in [0.15, 0.2) is 79.1 Å². The van der Waals surface area contributed by atoms with E-state index in [0.717, 1.165) is 39.2 Å². The fraction of sp³-hybridized carbons (Fsp3) is 0.233. The molecule has 0 radical (unpaired) electrons. The minimum atomic E-state index is -0.0624. The molecular weight excluding hydrogens is 496 g/mol. The highest BCUT2D eigenvalue weighted by Crippen LogP contribution is 2.36. The molecular formula is C30H31ClN6O. The Kier molecular flexibility index (Phi) is 7.31. The SMILES string of the molecule is CC(NCc1ccc(Cl)nc1)c1ccc2nc(Nc3cccnc3Oc3ccccc3C(C)(C)C)[nH]c2c1. The lowest BCUT2D eigenvalue weighted by molar-refractivity contribution is 0.442. The molecule has 1 atom stereocenters. The van der Waals surface area contributed by atoms with E-state index < -0.39 is 0 Å². The van der Waals surface area contributed by atoms with Gasteiger partial charge in [-0.2, -0.15) is 0 Å². The zero-order chi connectivity index (χ0) is 26.7. The van der Waals surface area contributed by atoms with Gasteiger partial charge in [0.15, 0.2) is 0 Å². The zero-order valence-electron chi connectivity index (χ0n) is 21.9. The maximum absolute atomic E-state index is 6.30. The van der Waals surface area contributed by atoms with Gasteiger partial charge in [0.2, 0.25) is 11.8 Å². The van der Waals surface area contributed by atoms with Gasteiger partial charge in [0.25, 0.3) is 0 Å². The van der Waals surface area contributed by atoms with Gasteiger partial charge in [-0.3, -0.25) is 0 Å². The Hall–Kier alpha value is -3.94. The monoisotopic (exact) mass is 526 g/mol. The molecule has 3 heterocycles. The van der Waals surface area contributed by atoms with Crippen molar-refractivity contribution in [1.82, 2.24) is 25.3 Å². The lowest BCUT2D eigenvalue weighted by Crippen LogP contribution is -2.18. The van der Waals surface area contributed by atoms with E-state index in [-0.39, 0.29) is 11.5 Å². The third-order valence-corrected chi connectivity index (χ3v) is 6.56. The van der Waals surface area contributed by atoms with Gasteiger partial charge in [-0.05, 0) is 59.9 Å². The Morgan fingerprint density at radius 2 is 1.84 bits per heavy atom. The zero-order valence-corrected chi connectivity index (χ0v) is 22.7. The van der Waals surface area contributed by atoms with Gasteiger partial charge >= 0.3 is 0 Å². The fourth-order valence-corrected chi connectivity index (χ4v) is 4.34. The lowest BCUT2D eigenvalue weighted by Gasteiger charge is -2.22. The van der Waals surface area contributed by atoms with Crippen molar-refractivity contribution in [2.24, 2.45) is 0 Å². The molecule has 5 rings (SSSR count). The molecule has 0 aliphatic carbocycles. The smallest absolute Gasteiger partial charge is 0.243 e. The predicted molar refractivity (Wildman–Crippen MR) is 153 cm³/mol. The first-order chi connectivity index (χ1) is 18.3. The summed E-state index contributed by atoms with van der Waals surface area (Å²) >= 11 is 5.89. The average molecular weight is 527 g/mol. The first-order valence-corrected chi connectivity index (χ1v) is 13.0. The van der Waals surface area contributed by atoms with Crippen molar-refractivity contribution in [3.8, 4) is 11.6 Å². The number of anilines is 2. The summed E-state index contributed by atoms with van der Waals surface area (Å²) in [6.45, 7) is 9.33. The van der Waals surface area contributed by atoms with E-state index in [1.807, 2.05) is 42.5 Å². The molecule has 7 nitrogen and oxygen atoms in total. The van der Waals surface area contributed by atoms with Crippen LogP contribution in [0.25, 0.3) is 11.0 Å². The van der Waals surface area contributed by atoms with E-state index in [1.54, 1.807) is 18.5 Å². The lowest BCUT2D eigenvalue weighted by atomic mass is 9.86. The first-order valence-electron chi connectivity index (χ1n) is 12.6. The van der Waals surface area contributed by atoms with E-state index in [9.17, 15) is 0 Å². The number of H-pyrrole nitrogens is 1. The van der Waals surface area contributed by atoms with Crippen molar-refractivity contribution in [2.45, 2.75) is 45.7 Å². The molecule has 3 aromatic heterocycles. The number of para-hydroxylation sites is 1. The Morgan fingerprint density at radius 1 is 1.00 bits per heavy atom. The Bertz CT molecular complexity index is 1540. The Morgan fingerprint density at radius 3 is 2.63 bits per heavy atom. The van der Waals surface area contributed by atoms with E-state index in [4.69, 9.17) is 21.3 Å². The molecule has 5 aromatic rings. The topological polar surface area (TPSA) is 87.8 Å². The van der Waals surface area contributed by atoms with Crippen LogP contribution < -0.4 is 15.4 Å². The second-order valence-electron chi connectivity index (χ2n) is 10.3. The second-order valence-corrected chi connectivity index (χ2v) is 10.7. The van der Waals surface area contributed by atoms with Crippen LogP contribution in [-0.4, -0.2) is 19.9 Å². The molecule has 194 valence electrons. The third-order valence-electron chi connectivity index (χ3n) is 6.33. The van der Waals surface area contributed by atoms with Crippen molar-refractivity contribution in [1.29, 1.82) is 0 Å². The third kappa shape index (κ3) is 5.96. The van der Waals surface area contributed by atoms with Gasteiger partial charge in [-0.15, -0.1) is 0 Å². The van der Waals surface area contributed by atoms with Crippen molar-refractivity contribution in [3.05, 3.63) is 101 Å². The first kappa shape index (κ1) is 25.7. The van der Waals surface area contributed by atoms with Crippen LogP contribution in [0.2, 0.25) is 5.15 Å². The molecule has 0 amide bonds. The molecule has 3 N–H and O–H groups in total. The average Bonchev–Trinajstić information content (AvgIpc) is 3.30. The molecule has 0 saturated heterocycles. The second kappa shape index (κ2) is 10.8. The van der Waals surface area contributed by atoms with Crippen LogP contribution in [0, 0.1) is 0 Å². The van der Waals surface area contributed by atoms with Crippen molar-refractivity contribution in [2.75, 3.05) is 5.32 Å². The maximum atomic E-state index is 6.30. The normalized spacial score (nSPS) is 12.4. The summed E-state index contributed by atoms with van der Waals surface area (Å²) in [6.07, 6.45) is 3.51. The number of imidazole rings is 1. The predicted octanol–water partition coefficient (Wildman–Crippen LogP) is 7.69. The van der Waals surface area contributed by atoms with Crippen LogP contribution in [0.1, 0.15) is 50.4 Å². The maximum Gasteiger partial charge on any atom is 0.243 e. The van der Waals surface area contributed by atoms with E-state index >= 15 is 0 Å². The van der Waals surface area contributed by atoms with Crippen LogP contribution >= 0.6 is 11.6 Å². The fourth-order valence-electron chi connectivity index (χ4n) is 4.23. The number of benzene rings is 2. The van der Waals surface area contributed by atoms with Gasteiger partial charge in [0.1, 0.15) is 16.6 Å². The molecule has 0 saturated carbocycles. The van der Waals surface area contributed by atoms with Crippen LogP contribution in [-0.2, 0) is 12.0 Å². The highest BCUT2D eigenvalue weighted by Gasteiger charge is 2.20. The van der Waals surface area contributed by atoms with Crippen molar-refractivity contribution >= 4 is 34.3 Å². The van der Waals surface area contributed by atoms with Crippen molar-refractivity contribution in [3.63, 3.8) is 0 Å². The molecule has 1 unspecified atom stereocenters. The number of ether oxygens (including phenoxy) is 1. The van der Waals surface area contributed by atoms with E-state index in [1.165, 1.54) is 0 Å². The summed E-state index contributed by atoms with van der Waals surface area (Å²) in [4.78, 5) is 16.7. The standard InChI is InChI=1S/C30H31ClN6O/c1-19(33-17-20-11-14-27(31)34-18-20)21-12-13-23-25(16-21)37-29(35-23)36-24-9-7-15-32-28(24)38-26-10-6-5-8-22(26)30(2,3)4/h5-16,18-19,33H,17H2,1-4H3,(H2,35,36,37). The number of fused-ring (bicyclic) bond motifs is 1. The van der Waals surface area contributed by atoms with Crippen LogP contribution in [0.3, 0.4) is 0 Å². The van der Waals surface area contributed by atoms with Gasteiger partial charge in [-0.1, -0.05) is 62.7 Å². The molecule has 0 fully saturated rings. The molecule has 0 bridgehead atoms. The van der Waals surface area contributed by atoms with Gasteiger partial charge < -0.3 is 20.4 Å². The number of halogens is 1. The molecule has 2 aromatic carbocycles. The number of aromatic amines is 1. The summed E-state index contributed by atoms with van der Waals surface area (Å²) in [6, 6.07) is 22.0. The number of hydrogen-bond acceptors (Lipinski definition) is 6. The Labute approximate surface area is 227 Å². The number of pyridine rings is 2. The summed E-state index contributed by atoms with van der Waals surface area (Å²) in [5.74, 6) is 1.89. The number of nitrogens with one attached hydrogen (secondary N) is 3. The Balaban J connectivity index is 1.32.